The van der Waals surface area contributed by atoms with E-state index in [9.17, 15) is 0 Å². The molecule has 0 fully saturated rings. The van der Waals surface area contributed by atoms with E-state index >= 15 is 0 Å². The van der Waals surface area contributed by atoms with Gasteiger partial charge < -0.3 is 9.26 Å². The molecular weight excluding hydrogens is 330 g/mol. The SMILES string of the molecule is Cc1cc(C)nc(Nc2noc(COc3cccc4ccccc34)n2)n1. The van der Waals surface area contributed by atoms with Gasteiger partial charge in [0.2, 0.25) is 5.95 Å². The molecule has 7 heteroatoms. The summed E-state index contributed by atoms with van der Waals surface area (Å²) in [6.07, 6.45) is 0. The number of hydrogen-bond donors (Lipinski definition) is 1. The van der Waals surface area contributed by atoms with Gasteiger partial charge in [-0.1, -0.05) is 36.4 Å². The Hall–Kier alpha value is -3.48. The van der Waals surface area contributed by atoms with Crippen molar-refractivity contribution in [3.8, 4) is 5.75 Å². The van der Waals surface area contributed by atoms with E-state index < -0.39 is 0 Å². The molecule has 0 spiro atoms. The highest BCUT2D eigenvalue weighted by atomic mass is 16.5. The number of anilines is 2. The van der Waals surface area contributed by atoms with E-state index in [1.807, 2.05) is 62.4 Å². The highest BCUT2D eigenvalue weighted by Gasteiger charge is 2.10. The second-order valence-electron chi connectivity index (χ2n) is 5.88. The first kappa shape index (κ1) is 16.0. The van der Waals surface area contributed by atoms with Crippen molar-refractivity contribution in [2.24, 2.45) is 0 Å². The minimum atomic E-state index is 0.177. The molecule has 2 aromatic heterocycles. The summed E-state index contributed by atoms with van der Waals surface area (Å²) in [5.74, 6) is 1.87. The zero-order chi connectivity index (χ0) is 17.9. The molecular formula is C19H17N5O2. The molecule has 4 rings (SSSR count). The normalized spacial score (nSPS) is 10.8. The van der Waals surface area contributed by atoms with Gasteiger partial charge in [-0.15, -0.1) is 0 Å². The van der Waals surface area contributed by atoms with Crippen LogP contribution in [-0.2, 0) is 6.61 Å². The van der Waals surface area contributed by atoms with E-state index in [1.54, 1.807) is 0 Å². The Balaban J connectivity index is 1.46. The van der Waals surface area contributed by atoms with Gasteiger partial charge in [-0.2, -0.15) is 4.98 Å². The van der Waals surface area contributed by atoms with Gasteiger partial charge in [0.05, 0.1) is 0 Å². The highest BCUT2D eigenvalue weighted by molar-refractivity contribution is 5.88. The van der Waals surface area contributed by atoms with Crippen LogP contribution in [-0.4, -0.2) is 20.1 Å². The Labute approximate surface area is 150 Å². The van der Waals surface area contributed by atoms with Crippen LogP contribution in [0.3, 0.4) is 0 Å². The van der Waals surface area contributed by atoms with Gasteiger partial charge in [0.1, 0.15) is 5.75 Å². The van der Waals surface area contributed by atoms with Crippen LogP contribution in [0.1, 0.15) is 17.3 Å². The van der Waals surface area contributed by atoms with Crippen molar-refractivity contribution in [1.82, 2.24) is 20.1 Å². The third kappa shape index (κ3) is 3.46. The van der Waals surface area contributed by atoms with Crippen LogP contribution < -0.4 is 10.1 Å². The lowest BCUT2D eigenvalue weighted by Crippen LogP contribution is -2.01. The summed E-state index contributed by atoms with van der Waals surface area (Å²) in [5.41, 5.74) is 1.73. The number of benzene rings is 2. The van der Waals surface area contributed by atoms with Gasteiger partial charge in [0.25, 0.3) is 11.8 Å². The van der Waals surface area contributed by atoms with Crippen LogP contribution in [0.2, 0.25) is 0 Å². The Kier molecular flexibility index (Phi) is 4.18. The highest BCUT2D eigenvalue weighted by Crippen LogP contribution is 2.25. The Morgan fingerprint density at radius 2 is 1.69 bits per heavy atom. The van der Waals surface area contributed by atoms with Crippen molar-refractivity contribution in [2.45, 2.75) is 20.5 Å². The fourth-order valence-corrected chi connectivity index (χ4v) is 2.71. The Bertz CT molecular complexity index is 1040. The fraction of sp³-hybridized carbons (Fsp3) is 0.158. The van der Waals surface area contributed by atoms with E-state index in [2.05, 4.69) is 25.4 Å². The summed E-state index contributed by atoms with van der Waals surface area (Å²) in [5, 5.41) is 8.98. The molecule has 0 atom stereocenters. The van der Waals surface area contributed by atoms with E-state index in [-0.39, 0.29) is 6.61 Å². The van der Waals surface area contributed by atoms with Gasteiger partial charge in [-0.3, -0.25) is 5.32 Å². The first-order valence-electron chi connectivity index (χ1n) is 8.20. The van der Waals surface area contributed by atoms with Crippen molar-refractivity contribution >= 4 is 22.7 Å². The van der Waals surface area contributed by atoms with Crippen LogP contribution in [0.25, 0.3) is 10.8 Å². The lowest BCUT2D eigenvalue weighted by Gasteiger charge is -2.06. The molecule has 0 saturated heterocycles. The van der Waals surface area contributed by atoms with Crippen LogP contribution in [0.5, 0.6) is 5.75 Å². The summed E-state index contributed by atoms with van der Waals surface area (Å²) >= 11 is 0. The number of aryl methyl sites for hydroxylation is 2. The first-order valence-corrected chi connectivity index (χ1v) is 8.20. The first-order chi connectivity index (χ1) is 12.7. The second kappa shape index (κ2) is 6.79. The number of nitrogens with zero attached hydrogens (tertiary/aromatic N) is 4. The zero-order valence-corrected chi connectivity index (χ0v) is 14.4. The van der Waals surface area contributed by atoms with E-state index in [1.165, 1.54) is 0 Å². The van der Waals surface area contributed by atoms with Gasteiger partial charge in [0.15, 0.2) is 6.61 Å². The standard InChI is InChI=1S/C19H17N5O2/c1-12-10-13(2)21-18(20-12)23-19-22-17(26-24-19)11-25-16-9-5-7-14-6-3-4-8-15(14)16/h3-10H,11H2,1-2H3,(H,20,21,23,24). The number of aromatic nitrogens is 4. The average molecular weight is 347 g/mol. The van der Waals surface area contributed by atoms with Crippen molar-refractivity contribution in [3.05, 3.63) is 65.8 Å². The third-order valence-electron chi connectivity index (χ3n) is 3.77. The van der Waals surface area contributed by atoms with Crippen LogP contribution in [0, 0.1) is 13.8 Å². The average Bonchev–Trinajstić information content (AvgIpc) is 3.06. The molecule has 0 aliphatic rings. The van der Waals surface area contributed by atoms with E-state index in [0.29, 0.717) is 17.8 Å². The van der Waals surface area contributed by atoms with Crippen molar-refractivity contribution in [3.63, 3.8) is 0 Å². The lowest BCUT2D eigenvalue weighted by molar-refractivity contribution is 0.245. The summed E-state index contributed by atoms with van der Waals surface area (Å²) < 4.78 is 11.1. The maximum Gasteiger partial charge on any atom is 0.270 e. The second-order valence-corrected chi connectivity index (χ2v) is 5.88. The maximum absolute atomic E-state index is 5.85. The number of hydrogen-bond acceptors (Lipinski definition) is 7. The monoisotopic (exact) mass is 347 g/mol. The molecule has 130 valence electrons. The largest absolute Gasteiger partial charge is 0.483 e. The molecule has 0 bridgehead atoms. The maximum atomic E-state index is 5.85. The third-order valence-corrected chi connectivity index (χ3v) is 3.77. The molecule has 7 nitrogen and oxygen atoms in total. The number of rotatable bonds is 5. The molecule has 0 saturated carbocycles. The Morgan fingerprint density at radius 1 is 0.923 bits per heavy atom. The topological polar surface area (TPSA) is 86.0 Å². The molecule has 2 aromatic carbocycles. The molecule has 0 aliphatic carbocycles. The van der Waals surface area contributed by atoms with Crippen molar-refractivity contribution in [1.29, 1.82) is 0 Å². The summed E-state index contributed by atoms with van der Waals surface area (Å²) in [7, 11) is 0. The van der Waals surface area contributed by atoms with Crippen LogP contribution in [0.15, 0.2) is 53.1 Å². The van der Waals surface area contributed by atoms with Crippen molar-refractivity contribution in [2.75, 3.05) is 5.32 Å². The number of fused-ring (bicyclic) bond motifs is 1. The predicted molar refractivity (Wildman–Crippen MR) is 97.4 cm³/mol. The molecule has 1 N–H and O–H groups in total. The summed E-state index contributed by atoms with van der Waals surface area (Å²) in [6.45, 7) is 3.98. The van der Waals surface area contributed by atoms with Crippen LogP contribution >= 0.6 is 0 Å². The van der Waals surface area contributed by atoms with Gasteiger partial charge in [0, 0.05) is 16.8 Å². The van der Waals surface area contributed by atoms with Crippen LogP contribution in [0.4, 0.5) is 11.9 Å². The van der Waals surface area contributed by atoms with Gasteiger partial charge in [-0.25, -0.2) is 9.97 Å². The van der Waals surface area contributed by atoms with E-state index in [4.69, 9.17) is 9.26 Å². The molecule has 2 heterocycles. The summed E-state index contributed by atoms with van der Waals surface area (Å²) in [6, 6.07) is 15.8. The number of ether oxygens (including phenoxy) is 1. The van der Waals surface area contributed by atoms with E-state index in [0.717, 1.165) is 27.9 Å². The minimum Gasteiger partial charge on any atom is -0.483 e. The predicted octanol–water partition coefficient (Wildman–Crippen LogP) is 3.95. The zero-order valence-electron chi connectivity index (χ0n) is 14.4. The lowest BCUT2D eigenvalue weighted by atomic mass is 10.1. The fourth-order valence-electron chi connectivity index (χ4n) is 2.71. The smallest absolute Gasteiger partial charge is 0.270 e. The molecule has 0 aliphatic heterocycles. The van der Waals surface area contributed by atoms with Crippen molar-refractivity contribution < 1.29 is 9.26 Å². The van der Waals surface area contributed by atoms with Gasteiger partial charge in [-0.05, 0) is 36.5 Å². The number of nitrogens with one attached hydrogen (secondary N) is 1. The summed E-state index contributed by atoms with van der Waals surface area (Å²) in [4.78, 5) is 12.8. The molecule has 26 heavy (non-hydrogen) atoms. The minimum absolute atomic E-state index is 0.177. The molecule has 0 amide bonds. The molecule has 0 radical (unpaired) electrons. The Morgan fingerprint density at radius 3 is 2.54 bits per heavy atom. The van der Waals surface area contributed by atoms with Gasteiger partial charge >= 0.3 is 0 Å². The molecule has 4 aromatic rings. The quantitative estimate of drug-likeness (QED) is 0.585. The molecule has 0 unspecified atom stereocenters.